The summed E-state index contributed by atoms with van der Waals surface area (Å²) in [6.45, 7) is 2.24. The summed E-state index contributed by atoms with van der Waals surface area (Å²) in [5.74, 6) is 0.715. The summed E-state index contributed by atoms with van der Waals surface area (Å²) in [7, 11) is 0. The Labute approximate surface area is 153 Å². The zero-order chi connectivity index (χ0) is 18.1. The van der Waals surface area contributed by atoms with E-state index in [1.807, 2.05) is 49.4 Å². The molecule has 0 aliphatic carbocycles. The van der Waals surface area contributed by atoms with Crippen molar-refractivity contribution >= 4 is 28.2 Å². The molecule has 130 valence electrons. The summed E-state index contributed by atoms with van der Waals surface area (Å²) in [5.41, 5.74) is 2.91. The lowest BCUT2D eigenvalue weighted by atomic mass is 10.1. The number of halogens is 1. The molecular weight excluding hydrogens is 352 g/mol. The van der Waals surface area contributed by atoms with Gasteiger partial charge >= 0.3 is 0 Å². The number of aromatic nitrogens is 5. The van der Waals surface area contributed by atoms with Gasteiger partial charge in [-0.3, -0.25) is 4.79 Å². The van der Waals surface area contributed by atoms with Crippen molar-refractivity contribution in [1.29, 1.82) is 0 Å². The molecular formula is C18H15ClN6O. The number of tetrazole rings is 1. The van der Waals surface area contributed by atoms with Crippen molar-refractivity contribution in [3.05, 3.63) is 75.3 Å². The van der Waals surface area contributed by atoms with Crippen molar-refractivity contribution in [3.63, 3.8) is 0 Å². The zero-order valence-electron chi connectivity index (χ0n) is 13.9. The molecule has 0 saturated carbocycles. The first-order valence-corrected chi connectivity index (χ1v) is 8.39. The van der Waals surface area contributed by atoms with Crippen LogP contribution in [0.3, 0.4) is 0 Å². The Bertz CT molecular complexity index is 1130. The molecule has 26 heavy (non-hydrogen) atoms. The number of anilines is 1. The fourth-order valence-electron chi connectivity index (χ4n) is 2.76. The van der Waals surface area contributed by atoms with Crippen molar-refractivity contribution < 1.29 is 0 Å². The van der Waals surface area contributed by atoms with Crippen LogP contribution in [-0.2, 0) is 6.54 Å². The maximum atomic E-state index is 12.3. The average molecular weight is 367 g/mol. The first-order valence-electron chi connectivity index (χ1n) is 8.01. The second kappa shape index (κ2) is 6.61. The molecule has 0 unspecified atom stereocenters. The average Bonchev–Trinajstić information content (AvgIpc) is 3.07. The minimum Gasteiger partial charge on any atom is -0.381 e. The Hall–Kier alpha value is -3.19. The van der Waals surface area contributed by atoms with Gasteiger partial charge in [0.05, 0.1) is 16.2 Å². The van der Waals surface area contributed by atoms with E-state index in [-0.39, 0.29) is 5.56 Å². The first-order chi connectivity index (χ1) is 12.6. The normalized spacial score (nSPS) is 11.0. The highest BCUT2D eigenvalue weighted by Gasteiger charge is 2.06. The van der Waals surface area contributed by atoms with E-state index in [0.717, 1.165) is 16.8 Å². The number of pyridine rings is 1. The monoisotopic (exact) mass is 366 g/mol. The molecule has 2 heterocycles. The molecule has 4 rings (SSSR count). The van der Waals surface area contributed by atoms with Gasteiger partial charge in [0.2, 0.25) is 0 Å². The maximum Gasteiger partial charge on any atom is 0.253 e. The van der Waals surface area contributed by atoms with Crippen molar-refractivity contribution in [3.8, 4) is 5.69 Å². The van der Waals surface area contributed by atoms with Crippen molar-refractivity contribution in [2.75, 3.05) is 5.32 Å². The third kappa shape index (κ3) is 3.04. The molecule has 2 N–H and O–H groups in total. The van der Waals surface area contributed by atoms with E-state index in [9.17, 15) is 4.79 Å². The summed E-state index contributed by atoms with van der Waals surface area (Å²) in [6, 6.07) is 15.1. The van der Waals surface area contributed by atoms with Crippen molar-refractivity contribution in [1.82, 2.24) is 25.2 Å². The molecule has 0 aliphatic rings. The van der Waals surface area contributed by atoms with Crippen LogP contribution in [0.1, 0.15) is 11.4 Å². The van der Waals surface area contributed by atoms with Crippen LogP contribution in [0.4, 0.5) is 5.69 Å². The van der Waals surface area contributed by atoms with E-state index in [4.69, 9.17) is 11.6 Å². The molecule has 0 atom stereocenters. The second-order valence-corrected chi connectivity index (χ2v) is 6.27. The lowest BCUT2D eigenvalue weighted by Gasteiger charge is -2.09. The third-order valence-electron chi connectivity index (χ3n) is 4.13. The predicted molar refractivity (Wildman–Crippen MR) is 101 cm³/mol. The van der Waals surface area contributed by atoms with Gasteiger partial charge in [0, 0.05) is 23.2 Å². The van der Waals surface area contributed by atoms with Gasteiger partial charge in [0.15, 0.2) is 5.82 Å². The summed E-state index contributed by atoms with van der Waals surface area (Å²) >= 11 is 6.12. The largest absolute Gasteiger partial charge is 0.381 e. The SMILES string of the molecule is Cc1nnnn1-c1ccc(NCc2cc3cccc(Cl)c3[nH]c2=O)cc1. The molecule has 0 bridgehead atoms. The molecule has 0 fully saturated rings. The second-order valence-electron chi connectivity index (χ2n) is 5.87. The lowest BCUT2D eigenvalue weighted by Crippen LogP contribution is -2.15. The Morgan fingerprint density at radius 1 is 1.19 bits per heavy atom. The van der Waals surface area contributed by atoms with Gasteiger partial charge in [-0.15, -0.1) is 5.10 Å². The van der Waals surface area contributed by atoms with Gasteiger partial charge in [-0.1, -0.05) is 23.7 Å². The van der Waals surface area contributed by atoms with Gasteiger partial charge in [-0.25, -0.2) is 0 Å². The number of para-hydroxylation sites is 1. The summed E-state index contributed by atoms with van der Waals surface area (Å²) < 4.78 is 1.65. The van der Waals surface area contributed by atoms with Crippen LogP contribution in [0, 0.1) is 6.92 Å². The quantitative estimate of drug-likeness (QED) is 0.579. The van der Waals surface area contributed by atoms with E-state index in [2.05, 4.69) is 25.8 Å². The first kappa shape index (κ1) is 16.3. The number of benzene rings is 2. The van der Waals surface area contributed by atoms with Gasteiger partial charge in [-0.2, -0.15) is 4.68 Å². The fourth-order valence-corrected chi connectivity index (χ4v) is 2.99. The number of nitrogens with one attached hydrogen (secondary N) is 2. The molecule has 2 aromatic carbocycles. The molecule has 4 aromatic rings. The molecule has 0 radical (unpaired) electrons. The van der Waals surface area contributed by atoms with Crippen LogP contribution in [0.5, 0.6) is 0 Å². The number of hydrogen-bond donors (Lipinski definition) is 2. The van der Waals surface area contributed by atoms with Crippen LogP contribution >= 0.6 is 11.6 Å². The number of hydrogen-bond acceptors (Lipinski definition) is 5. The lowest BCUT2D eigenvalue weighted by molar-refractivity contribution is 0.779. The number of fused-ring (bicyclic) bond motifs is 1. The Balaban J connectivity index is 1.54. The predicted octanol–water partition coefficient (Wildman–Crippen LogP) is 3.08. The highest BCUT2D eigenvalue weighted by molar-refractivity contribution is 6.35. The van der Waals surface area contributed by atoms with Crippen molar-refractivity contribution in [2.24, 2.45) is 0 Å². The molecule has 0 aliphatic heterocycles. The number of rotatable bonds is 4. The van der Waals surface area contributed by atoms with E-state index < -0.39 is 0 Å². The summed E-state index contributed by atoms with van der Waals surface area (Å²) in [6.07, 6.45) is 0. The van der Waals surface area contributed by atoms with Crippen molar-refractivity contribution in [2.45, 2.75) is 13.5 Å². The number of H-pyrrole nitrogens is 1. The Kier molecular flexibility index (Phi) is 4.14. The van der Waals surface area contributed by atoms with Gasteiger partial charge in [0.25, 0.3) is 5.56 Å². The van der Waals surface area contributed by atoms with Gasteiger partial charge in [-0.05, 0) is 53.7 Å². The minimum atomic E-state index is -0.154. The standard InChI is InChI=1S/C18H15ClN6O/c1-11-22-23-24-25(11)15-7-5-14(6-8-15)20-10-13-9-12-3-2-4-16(19)17(12)21-18(13)26/h2-9,20H,10H2,1H3,(H,21,26). The molecule has 8 heteroatoms. The van der Waals surface area contributed by atoms with Crippen LogP contribution in [0.25, 0.3) is 16.6 Å². The third-order valence-corrected chi connectivity index (χ3v) is 4.44. The Morgan fingerprint density at radius 2 is 2.00 bits per heavy atom. The topological polar surface area (TPSA) is 88.5 Å². The van der Waals surface area contributed by atoms with Crippen LogP contribution in [-0.4, -0.2) is 25.2 Å². The number of nitrogens with zero attached hydrogens (tertiary/aromatic N) is 4. The van der Waals surface area contributed by atoms with E-state index >= 15 is 0 Å². The minimum absolute atomic E-state index is 0.154. The molecule has 0 saturated heterocycles. The molecule has 2 aromatic heterocycles. The fraction of sp³-hybridized carbons (Fsp3) is 0.111. The Morgan fingerprint density at radius 3 is 2.73 bits per heavy atom. The maximum absolute atomic E-state index is 12.3. The molecule has 0 spiro atoms. The highest BCUT2D eigenvalue weighted by Crippen LogP contribution is 2.21. The molecule has 0 amide bonds. The van der Waals surface area contributed by atoms with E-state index in [1.54, 1.807) is 10.7 Å². The summed E-state index contributed by atoms with van der Waals surface area (Å²) in [5, 5.41) is 16.1. The van der Waals surface area contributed by atoms with Gasteiger partial charge < -0.3 is 10.3 Å². The van der Waals surface area contributed by atoms with E-state index in [1.165, 1.54) is 0 Å². The summed E-state index contributed by atoms with van der Waals surface area (Å²) in [4.78, 5) is 15.1. The highest BCUT2D eigenvalue weighted by atomic mass is 35.5. The smallest absolute Gasteiger partial charge is 0.253 e. The van der Waals surface area contributed by atoms with E-state index in [0.29, 0.717) is 28.5 Å². The van der Waals surface area contributed by atoms with Crippen LogP contribution in [0.15, 0.2) is 53.3 Å². The molecule has 7 nitrogen and oxygen atoms in total. The van der Waals surface area contributed by atoms with Crippen LogP contribution < -0.4 is 10.9 Å². The number of aryl methyl sites for hydroxylation is 1. The van der Waals surface area contributed by atoms with Crippen LogP contribution in [0.2, 0.25) is 5.02 Å². The van der Waals surface area contributed by atoms with Gasteiger partial charge in [0.1, 0.15) is 0 Å². The zero-order valence-corrected chi connectivity index (χ0v) is 14.7. The number of aromatic amines is 1.